The van der Waals surface area contributed by atoms with E-state index in [0.717, 1.165) is 30.4 Å². The van der Waals surface area contributed by atoms with Crippen LogP contribution in [0.1, 0.15) is 95.2 Å². The molecule has 0 aliphatic carbocycles. The molecule has 2 amide bonds. The molecule has 0 aliphatic heterocycles. The average molecular weight is 637 g/mol. The van der Waals surface area contributed by atoms with Crippen LogP contribution >= 0.6 is 23.2 Å². The Morgan fingerprint density at radius 3 is 1.89 bits per heavy atom. The number of anilines is 2. The number of aryl methyl sites for hydroxylation is 2. The van der Waals surface area contributed by atoms with Gasteiger partial charge in [0, 0.05) is 0 Å². The third kappa shape index (κ3) is 9.29. The summed E-state index contributed by atoms with van der Waals surface area (Å²) in [6.45, 7) is 4.26. The number of unbranched alkanes of at least 4 members (excludes halogenated alkanes) is 9. The number of fused-ring (bicyclic) bond motifs is 1. The Morgan fingerprint density at radius 1 is 0.727 bits per heavy atom. The standard InChI is InChI=1S/C35H43Cl2N5O2/c1-3-5-6-7-8-9-10-11-12-13-16-26-20-22-28(37)31(24-26)39-35(44)33(42-32-18-15-14-17-29(32)40-41-42)34(43)38-30-23-25(4-2)19-21-27(30)36/h14-15,17-24,33H,3-13,16H2,1-2H3,(H,38,43)(H,39,44). The summed E-state index contributed by atoms with van der Waals surface area (Å²) in [6, 6.07) is 16.9. The molecule has 44 heavy (non-hydrogen) atoms. The van der Waals surface area contributed by atoms with E-state index < -0.39 is 17.9 Å². The molecule has 0 saturated heterocycles. The van der Waals surface area contributed by atoms with Crippen molar-refractivity contribution < 1.29 is 9.59 Å². The van der Waals surface area contributed by atoms with Gasteiger partial charge in [0.1, 0.15) is 5.52 Å². The van der Waals surface area contributed by atoms with Gasteiger partial charge in [-0.2, -0.15) is 0 Å². The molecule has 0 spiro atoms. The van der Waals surface area contributed by atoms with Crippen molar-refractivity contribution in [1.29, 1.82) is 0 Å². The van der Waals surface area contributed by atoms with Gasteiger partial charge in [0.15, 0.2) is 0 Å². The molecule has 1 heterocycles. The highest BCUT2D eigenvalue weighted by molar-refractivity contribution is 6.34. The summed E-state index contributed by atoms with van der Waals surface area (Å²) in [7, 11) is 0. The molecule has 3 aromatic carbocycles. The molecule has 4 aromatic rings. The Hall–Kier alpha value is -3.42. The Kier molecular flexibility index (Phi) is 13.1. The van der Waals surface area contributed by atoms with Crippen molar-refractivity contribution in [1.82, 2.24) is 15.0 Å². The van der Waals surface area contributed by atoms with Crippen molar-refractivity contribution in [2.45, 2.75) is 96.9 Å². The second-order valence-corrected chi connectivity index (χ2v) is 12.1. The number of carbonyl (C=O) groups excluding carboxylic acids is 2. The first-order chi connectivity index (χ1) is 21.4. The summed E-state index contributed by atoms with van der Waals surface area (Å²) in [5.74, 6) is -1.18. The number of amides is 2. The fraction of sp³-hybridized carbons (Fsp3) is 0.429. The minimum atomic E-state index is -1.37. The van der Waals surface area contributed by atoms with Crippen LogP contribution in [0.2, 0.25) is 10.0 Å². The van der Waals surface area contributed by atoms with E-state index in [1.54, 1.807) is 24.3 Å². The van der Waals surface area contributed by atoms with Crippen LogP contribution in [0.4, 0.5) is 11.4 Å². The van der Waals surface area contributed by atoms with Crippen LogP contribution in [0.5, 0.6) is 0 Å². The van der Waals surface area contributed by atoms with Gasteiger partial charge in [0.2, 0.25) is 6.04 Å². The number of rotatable bonds is 17. The van der Waals surface area contributed by atoms with Crippen molar-refractivity contribution in [3.8, 4) is 0 Å². The van der Waals surface area contributed by atoms with E-state index in [4.69, 9.17) is 23.2 Å². The van der Waals surface area contributed by atoms with E-state index in [1.165, 1.54) is 62.5 Å². The summed E-state index contributed by atoms with van der Waals surface area (Å²) >= 11 is 12.9. The number of benzene rings is 3. The van der Waals surface area contributed by atoms with Crippen molar-refractivity contribution in [3.63, 3.8) is 0 Å². The second-order valence-electron chi connectivity index (χ2n) is 11.3. The molecule has 0 fully saturated rings. The van der Waals surface area contributed by atoms with Crippen molar-refractivity contribution >= 4 is 57.4 Å². The van der Waals surface area contributed by atoms with Crippen LogP contribution in [0.25, 0.3) is 11.0 Å². The minimum absolute atomic E-state index is 0.376. The molecule has 234 valence electrons. The first kappa shape index (κ1) is 33.5. The molecule has 1 unspecified atom stereocenters. The van der Waals surface area contributed by atoms with Gasteiger partial charge in [0.25, 0.3) is 11.8 Å². The van der Waals surface area contributed by atoms with E-state index in [2.05, 4.69) is 27.9 Å². The van der Waals surface area contributed by atoms with Crippen LogP contribution in [0.15, 0.2) is 60.7 Å². The fourth-order valence-electron chi connectivity index (χ4n) is 5.35. The lowest BCUT2D eigenvalue weighted by Gasteiger charge is -2.19. The van der Waals surface area contributed by atoms with Crippen LogP contribution in [-0.2, 0) is 22.4 Å². The average Bonchev–Trinajstić information content (AvgIpc) is 3.44. The van der Waals surface area contributed by atoms with Gasteiger partial charge in [-0.25, -0.2) is 4.68 Å². The minimum Gasteiger partial charge on any atom is -0.322 e. The summed E-state index contributed by atoms with van der Waals surface area (Å²) in [5, 5.41) is 14.9. The Morgan fingerprint density at radius 2 is 1.27 bits per heavy atom. The molecule has 1 aromatic heterocycles. The molecule has 0 radical (unpaired) electrons. The topological polar surface area (TPSA) is 88.9 Å². The quantitative estimate of drug-likeness (QED) is 0.0892. The maximum Gasteiger partial charge on any atom is 0.259 e. The summed E-state index contributed by atoms with van der Waals surface area (Å²) in [4.78, 5) is 27.6. The van der Waals surface area contributed by atoms with E-state index in [1.807, 2.05) is 43.3 Å². The van der Waals surface area contributed by atoms with E-state index in [-0.39, 0.29) is 0 Å². The maximum atomic E-state index is 13.8. The third-order valence-corrected chi connectivity index (χ3v) is 8.58. The van der Waals surface area contributed by atoms with Gasteiger partial charge >= 0.3 is 0 Å². The number of halogens is 2. The van der Waals surface area contributed by atoms with Crippen molar-refractivity contribution in [3.05, 3.63) is 81.8 Å². The smallest absolute Gasteiger partial charge is 0.259 e. The molecular weight excluding hydrogens is 593 g/mol. The summed E-state index contributed by atoms with van der Waals surface area (Å²) in [5.41, 5.74) is 4.09. The molecule has 0 saturated carbocycles. The second kappa shape index (κ2) is 17.2. The van der Waals surface area contributed by atoms with E-state index >= 15 is 0 Å². The van der Waals surface area contributed by atoms with Gasteiger partial charge in [0.05, 0.1) is 26.9 Å². The molecule has 9 heteroatoms. The lowest BCUT2D eigenvalue weighted by molar-refractivity contribution is -0.128. The van der Waals surface area contributed by atoms with Gasteiger partial charge in [-0.05, 0) is 66.8 Å². The lowest BCUT2D eigenvalue weighted by Crippen LogP contribution is -2.37. The van der Waals surface area contributed by atoms with Gasteiger partial charge in [-0.1, -0.05) is 124 Å². The van der Waals surface area contributed by atoms with Crippen LogP contribution in [0, 0.1) is 0 Å². The van der Waals surface area contributed by atoms with Crippen LogP contribution in [-0.4, -0.2) is 26.8 Å². The van der Waals surface area contributed by atoms with Gasteiger partial charge in [-0.3, -0.25) is 9.59 Å². The zero-order valence-electron chi connectivity index (χ0n) is 25.8. The largest absolute Gasteiger partial charge is 0.322 e. The molecule has 0 aliphatic rings. The Bertz CT molecular complexity index is 1540. The van der Waals surface area contributed by atoms with Crippen molar-refractivity contribution in [2.75, 3.05) is 10.6 Å². The maximum absolute atomic E-state index is 13.8. The van der Waals surface area contributed by atoms with Crippen LogP contribution < -0.4 is 10.6 Å². The van der Waals surface area contributed by atoms with Crippen molar-refractivity contribution in [2.24, 2.45) is 0 Å². The van der Waals surface area contributed by atoms with E-state index in [0.29, 0.717) is 32.5 Å². The molecule has 7 nitrogen and oxygen atoms in total. The molecule has 4 rings (SSSR count). The number of carbonyl (C=O) groups is 2. The molecule has 1 atom stereocenters. The highest BCUT2D eigenvalue weighted by Crippen LogP contribution is 2.28. The Labute approximate surface area is 270 Å². The number of hydrogen-bond donors (Lipinski definition) is 2. The highest BCUT2D eigenvalue weighted by Gasteiger charge is 2.32. The first-order valence-electron chi connectivity index (χ1n) is 15.9. The monoisotopic (exact) mass is 635 g/mol. The number of aromatic nitrogens is 3. The number of nitrogens with zero attached hydrogens (tertiary/aromatic N) is 3. The number of nitrogens with one attached hydrogen (secondary N) is 2. The molecular formula is C35H43Cl2N5O2. The summed E-state index contributed by atoms with van der Waals surface area (Å²) < 4.78 is 1.33. The SMILES string of the molecule is CCCCCCCCCCCCc1ccc(Cl)c(NC(=O)C(C(=O)Nc2cc(CC)ccc2Cl)n2nnc3ccccc32)c1. The van der Waals surface area contributed by atoms with Gasteiger partial charge in [-0.15, -0.1) is 5.10 Å². The Balaban J connectivity index is 1.44. The van der Waals surface area contributed by atoms with Crippen LogP contribution in [0.3, 0.4) is 0 Å². The fourth-order valence-corrected chi connectivity index (χ4v) is 5.68. The molecule has 2 N–H and O–H groups in total. The zero-order chi connectivity index (χ0) is 31.3. The van der Waals surface area contributed by atoms with Gasteiger partial charge < -0.3 is 10.6 Å². The predicted octanol–water partition coefficient (Wildman–Crippen LogP) is 9.58. The first-order valence-corrected chi connectivity index (χ1v) is 16.6. The summed E-state index contributed by atoms with van der Waals surface area (Å²) in [6.07, 6.45) is 14.4. The van der Waals surface area contributed by atoms with E-state index in [9.17, 15) is 9.59 Å². The normalized spacial score (nSPS) is 11.9. The highest BCUT2D eigenvalue weighted by atomic mass is 35.5. The lowest BCUT2D eigenvalue weighted by atomic mass is 10.0. The predicted molar refractivity (Wildman–Crippen MR) is 182 cm³/mol. The third-order valence-electron chi connectivity index (χ3n) is 7.92. The number of para-hydroxylation sites is 1. The molecule has 0 bridgehead atoms. The zero-order valence-corrected chi connectivity index (χ0v) is 27.3. The number of hydrogen-bond acceptors (Lipinski definition) is 4.